The minimum Gasteiger partial charge on any atom is -0.0625 e. The summed E-state index contributed by atoms with van der Waals surface area (Å²) in [5, 5.41) is 0. The first-order chi connectivity index (χ1) is 4.79. The van der Waals surface area contributed by atoms with Crippen LogP contribution in [0.1, 0.15) is 45.4 Å². The number of hydrogen-bond acceptors (Lipinski definition) is 0. The lowest BCUT2D eigenvalue weighted by Crippen LogP contribution is -2.04. The molecule has 1 saturated carbocycles. The third-order valence-electron chi connectivity index (χ3n) is 2.63. The van der Waals surface area contributed by atoms with Gasteiger partial charge in [0.1, 0.15) is 0 Å². The van der Waals surface area contributed by atoms with Crippen molar-refractivity contribution in [2.24, 2.45) is 11.8 Å². The Balaban J connectivity index is 2.23. The van der Waals surface area contributed by atoms with E-state index >= 15 is 0 Å². The largest absolute Gasteiger partial charge is 0.0625 e. The van der Waals surface area contributed by atoms with Gasteiger partial charge >= 0.3 is 0 Å². The van der Waals surface area contributed by atoms with Crippen LogP contribution in [0.2, 0.25) is 0 Å². The first-order valence-electron chi connectivity index (χ1n) is 4.62. The third kappa shape index (κ3) is 2.72. The number of rotatable bonds is 0. The smallest absolute Gasteiger partial charge is 0.0414 e. The van der Waals surface area contributed by atoms with E-state index in [0.29, 0.717) is 0 Å². The summed E-state index contributed by atoms with van der Waals surface area (Å²) in [5.41, 5.74) is 0. The zero-order valence-electron chi connectivity index (χ0n) is 7.10. The molecule has 1 fully saturated rings. The first kappa shape index (κ1) is 8.10. The van der Waals surface area contributed by atoms with Crippen LogP contribution in [-0.2, 0) is 0 Å². The number of hydrogen-bond donors (Lipinski definition) is 0. The van der Waals surface area contributed by atoms with E-state index in [2.05, 4.69) is 13.8 Å². The van der Waals surface area contributed by atoms with Gasteiger partial charge in [-0.05, 0) is 11.8 Å². The Kier molecular flexibility index (Phi) is 3.24. The fourth-order valence-corrected chi connectivity index (χ4v) is 1.73. The van der Waals surface area contributed by atoms with Crippen LogP contribution in [0.5, 0.6) is 0 Å². The highest BCUT2D eigenvalue weighted by molar-refractivity contribution is 4.67. The Labute approximate surface area is 65.0 Å². The molecule has 0 aromatic rings. The van der Waals surface area contributed by atoms with Crippen molar-refractivity contribution in [3.63, 3.8) is 0 Å². The molecule has 1 aliphatic rings. The second-order valence-electron chi connectivity index (χ2n) is 3.83. The zero-order valence-corrected chi connectivity index (χ0v) is 7.10. The fraction of sp³-hybridized carbons (Fsp3) is 0.900. The molecule has 0 spiro atoms. The maximum Gasteiger partial charge on any atom is -0.0414 e. The normalized spacial score (nSPS) is 36.6. The first-order valence-corrected chi connectivity index (χ1v) is 4.62. The summed E-state index contributed by atoms with van der Waals surface area (Å²) in [7, 11) is 0. The van der Waals surface area contributed by atoms with Gasteiger partial charge < -0.3 is 0 Å². The van der Waals surface area contributed by atoms with E-state index in [1.165, 1.54) is 38.5 Å². The summed E-state index contributed by atoms with van der Waals surface area (Å²) in [4.78, 5) is 0. The van der Waals surface area contributed by atoms with Crippen LogP contribution < -0.4 is 0 Å². The molecular weight excluding hydrogens is 120 g/mol. The molecule has 10 heavy (non-hydrogen) atoms. The summed E-state index contributed by atoms with van der Waals surface area (Å²) in [6, 6.07) is 0. The van der Waals surface area contributed by atoms with Gasteiger partial charge in [0.15, 0.2) is 0 Å². The van der Waals surface area contributed by atoms with Crippen molar-refractivity contribution >= 4 is 0 Å². The lowest BCUT2D eigenvalue weighted by molar-refractivity contribution is 0.361. The molecule has 0 N–H and O–H groups in total. The molecule has 0 aromatic carbocycles. The summed E-state index contributed by atoms with van der Waals surface area (Å²) in [6.45, 7) is 6.51. The van der Waals surface area contributed by atoms with Crippen LogP contribution in [-0.4, -0.2) is 0 Å². The molecule has 0 nitrogen and oxygen atoms in total. The van der Waals surface area contributed by atoms with Gasteiger partial charge in [0.05, 0.1) is 0 Å². The van der Waals surface area contributed by atoms with Crippen molar-refractivity contribution in [3.05, 3.63) is 6.92 Å². The van der Waals surface area contributed by atoms with Crippen LogP contribution >= 0.6 is 0 Å². The topological polar surface area (TPSA) is 0 Å². The molecule has 0 bridgehead atoms. The SMILES string of the molecule is [CH2]C1CCCCC(C)CC1. The van der Waals surface area contributed by atoms with Crippen LogP contribution in [0.25, 0.3) is 0 Å². The Morgan fingerprint density at radius 3 is 2.50 bits per heavy atom. The molecule has 2 atom stereocenters. The molecule has 1 aliphatic carbocycles. The molecule has 0 aliphatic heterocycles. The van der Waals surface area contributed by atoms with Gasteiger partial charge in [-0.2, -0.15) is 0 Å². The Bertz CT molecular complexity index is 74.0. The molecule has 0 heteroatoms. The third-order valence-corrected chi connectivity index (χ3v) is 2.63. The van der Waals surface area contributed by atoms with Gasteiger partial charge in [0.2, 0.25) is 0 Å². The molecule has 2 unspecified atom stereocenters. The van der Waals surface area contributed by atoms with Crippen LogP contribution in [0, 0.1) is 18.8 Å². The van der Waals surface area contributed by atoms with Crippen molar-refractivity contribution in [1.29, 1.82) is 0 Å². The Hall–Kier alpha value is 0. The minimum atomic E-state index is 0.753. The highest BCUT2D eigenvalue weighted by Gasteiger charge is 2.10. The standard InChI is InChI=1S/C10H19/c1-9-5-3-4-6-10(2)8-7-9/h9-10H,1,3-8H2,2H3. The van der Waals surface area contributed by atoms with Crippen molar-refractivity contribution in [3.8, 4) is 0 Å². The Morgan fingerprint density at radius 2 is 1.70 bits per heavy atom. The van der Waals surface area contributed by atoms with Gasteiger partial charge in [-0.1, -0.05) is 52.4 Å². The van der Waals surface area contributed by atoms with E-state index < -0.39 is 0 Å². The van der Waals surface area contributed by atoms with Gasteiger partial charge in [-0.15, -0.1) is 0 Å². The fourth-order valence-electron chi connectivity index (χ4n) is 1.73. The second-order valence-corrected chi connectivity index (χ2v) is 3.83. The summed E-state index contributed by atoms with van der Waals surface area (Å²) >= 11 is 0. The minimum absolute atomic E-state index is 0.753. The molecule has 0 heterocycles. The average Bonchev–Trinajstić information content (AvgIpc) is 1.90. The highest BCUT2D eigenvalue weighted by Crippen LogP contribution is 2.24. The molecule has 0 aromatic heterocycles. The van der Waals surface area contributed by atoms with E-state index in [1.807, 2.05) is 0 Å². The zero-order chi connectivity index (χ0) is 7.40. The maximum absolute atomic E-state index is 4.13. The van der Waals surface area contributed by atoms with E-state index in [9.17, 15) is 0 Å². The second kappa shape index (κ2) is 4.00. The van der Waals surface area contributed by atoms with E-state index in [0.717, 1.165) is 11.8 Å². The van der Waals surface area contributed by atoms with Crippen LogP contribution in [0.3, 0.4) is 0 Å². The molecule has 1 rings (SSSR count). The van der Waals surface area contributed by atoms with Crippen molar-refractivity contribution in [1.82, 2.24) is 0 Å². The van der Waals surface area contributed by atoms with Crippen molar-refractivity contribution in [2.45, 2.75) is 45.4 Å². The summed E-state index contributed by atoms with van der Waals surface area (Å²) in [6.07, 6.45) is 8.44. The maximum atomic E-state index is 4.13. The van der Waals surface area contributed by atoms with Crippen molar-refractivity contribution < 1.29 is 0 Å². The average molecular weight is 139 g/mol. The van der Waals surface area contributed by atoms with Crippen LogP contribution in [0.15, 0.2) is 0 Å². The lowest BCUT2D eigenvalue weighted by Gasteiger charge is -2.19. The predicted octanol–water partition coefficient (Wildman–Crippen LogP) is 3.43. The van der Waals surface area contributed by atoms with Gasteiger partial charge in [0, 0.05) is 0 Å². The quantitative estimate of drug-likeness (QED) is 0.482. The highest BCUT2D eigenvalue weighted by atomic mass is 14.2. The summed E-state index contributed by atoms with van der Waals surface area (Å²) in [5.74, 6) is 1.72. The molecular formula is C10H19. The predicted molar refractivity (Wildman–Crippen MR) is 45.7 cm³/mol. The van der Waals surface area contributed by atoms with E-state index in [-0.39, 0.29) is 0 Å². The molecule has 59 valence electrons. The Morgan fingerprint density at radius 1 is 1.00 bits per heavy atom. The van der Waals surface area contributed by atoms with E-state index in [1.54, 1.807) is 0 Å². The molecule has 0 amide bonds. The van der Waals surface area contributed by atoms with Gasteiger partial charge in [-0.3, -0.25) is 0 Å². The van der Waals surface area contributed by atoms with E-state index in [4.69, 9.17) is 0 Å². The molecule has 1 radical (unpaired) electrons. The van der Waals surface area contributed by atoms with Gasteiger partial charge in [0.25, 0.3) is 0 Å². The van der Waals surface area contributed by atoms with Crippen molar-refractivity contribution in [2.75, 3.05) is 0 Å². The molecule has 0 saturated heterocycles. The van der Waals surface area contributed by atoms with Gasteiger partial charge in [-0.25, -0.2) is 0 Å². The monoisotopic (exact) mass is 139 g/mol. The lowest BCUT2D eigenvalue weighted by atomic mass is 9.87. The van der Waals surface area contributed by atoms with Crippen LogP contribution in [0.4, 0.5) is 0 Å². The summed E-state index contributed by atoms with van der Waals surface area (Å²) < 4.78 is 0.